The molecule has 6 heteroatoms. The number of fused-ring (bicyclic) bond motifs is 1. The topological polar surface area (TPSA) is 55.4 Å². The summed E-state index contributed by atoms with van der Waals surface area (Å²) in [5, 5.41) is 2.91. The molecule has 1 aliphatic carbocycles. The molecular weight excluding hydrogens is 294 g/mol. The number of carbonyl (C=O) groups is 2. The third-order valence-corrected chi connectivity index (χ3v) is 5.43. The van der Waals surface area contributed by atoms with Crippen molar-refractivity contribution in [3.05, 3.63) is 27.8 Å². The molecule has 20 heavy (non-hydrogen) atoms. The van der Waals surface area contributed by atoms with Crippen LogP contribution in [0.25, 0.3) is 0 Å². The van der Waals surface area contributed by atoms with Crippen molar-refractivity contribution in [1.29, 1.82) is 0 Å². The highest BCUT2D eigenvalue weighted by molar-refractivity contribution is 8.00. The molecule has 0 bridgehead atoms. The third kappa shape index (κ3) is 2.62. The Morgan fingerprint density at radius 1 is 1.50 bits per heavy atom. The molecule has 0 amide bonds. The number of carbonyl (C=O) groups excluding carboxylic acids is 2. The van der Waals surface area contributed by atoms with E-state index in [1.165, 1.54) is 23.1 Å². The monoisotopic (exact) mass is 311 g/mol. The maximum Gasteiger partial charge on any atom is 0.348 e. The van der Waals surface area contributed by atoms with Crippen LogP contribution in [-0.4, -0.2) is 31.7 Å². The minimum atomic E-state index is -0.317. The molecule has 108 valence electrons. The van der Waals surface area contributed by atoms with Gasteiger partial charge in [0.15, 0.2) is 5.78 Å². The number of hydrogen-bond donors (Lipinski definition) is 1. The van der Waals surface area contributed by atoms with E-state index < -0.39 is 0 Å². The zero-order valence-electron chi connectivity index (χ0n) is 11.7. The lowest BCUT2D eigenvalue weighted by Crippen LogP contribution is -2.17. The lowest BCUT2D eigenvalue weighted by Gasteiger charge is -2.16. The van der Waals surface area contributed by atoms with E-state index in [-0.39, 0.29) is 11.8 Å². The van der Waals surface area contributed by atoms with Gasteiger partial charge in [-0.05, 0) is 31.6 Å². The first-order valence-corrected chi connectivity index (χ1v) is 8.45. The summed E-state index contributed by atoms with van der Waals surface area (Å²) in [7, 11) is 1.78. The van der Waals surface area contributed by atoms with Gasteiger partial charge in [0.1, 0.15) is 4.88 Å². The molecule has 1 N–H and O–H groups in total. The second-order valence-corrected chi connectivity index (χ2v) is 6.38. The molecule has 0 radical (unpaired) electrons. The number of esters is 1. The fraction of sp³-hybridized carbons (Fsp3) is 0.429. The van der Waals surface area contributed by atoms with Crippen LogP contribution in [-0.2, 0) is 11.2 Å². The maximum absolute atomic E-state index is 12.5. The first kappa shape index (κ1) is 15.1. The Labute approximate surface area is 126 Å². The summed E-state index contributed by atoms with van der Waals surface area (Å²) >= 11 is 2.87. The normalized spacial score (nSPS) is 16.1. The van der Waals surface area contributed by atoms with Gasteiger partial charge in [-0.15, -0.1) is 23.1 Å². The van der Waals surface area contributed by atoms with Crippen LogP contribution < -0.4 is 5.32 Å². The zero-order chi connectivity index (χ0) is 14.7. The SMILES string of the molecule is CCOC(=O)c1sc(SC)c2c1CC/C(=C\NC)C2=O. The maximum atomic E-state index is 12.5. The summed E-state index contributed by atoms with van der Waals surface area (Å²) < 4.78 is 5.98. The third-order valence-electron chi connectivity index (χ3n) is 3.10. The van der Waals surface area contributed by atoms with Gasteiger partial charge in [0.05, 0.1) is 16.4 Å². The molecule has 1 aromatic rings. The number of thiophene rings is 1. The Kier molecular flexibility index (Phi) is 4.88. The molecule has 1 heterocycles. The molecule has 0 aromatic carbocycles. The largest absolute Gasteiger partial charge is 0.462 e. The lowest BCUT2D eigenvalue weighted by atomic mass is 9.89. The molecule has 0 saturated heterocycles. The molecule has 0 unspecified atom stereocenters. The second kappa shape index (κ2) is 6.45. The zero-order valence-corrected chi connectivity index (χ0v) is 13.4. The number of ketones is 1. The van der Waals surface area contributed by atoms with Crippen molar-refractivity contribution in [3.8, 4) is 0 Å². The van der Waals surface area contributed by atoms with Crippen LogP contribution in [0.3, 0.4) is 0 Å². The fourth-order valence-electron chi connectivity index (χ4n) is 2.26. The fourth-order valence-corrected chi connectivity index (χ4v) is 4.24. The minimum Gasteiger partial charge on any atom is -0.462 e. The molecule has 1 aromatic heterocycles. The Bertz CT molecular complexity index is 575. The van der Waals surface area contributed by atoms with Crippen molar-refractivity contribution in [3.63, 3.8) is 0 Å². The summed E-state index contributed by atoms with van der Waals surface area (Å²) in [5.74, 6) is -0.292. The van der Waals surface area contributed by atoms with Crippen LogP contribution in [0.1, 0.15) is 38.9 Å². The molecule has 0 aliphatic heterocycles. The van der Waals surface area contributed by atoms with Crippen molar-refractivity contribution in [2.24, 2.45) is 0 Å². The molecule has 1 aliphatic rings. The van der Waals surface area contributed by atoms with E-state index in [2.05, 4.69) is 5.32 Å². The summed E-state index contributed by atoms with van der Waals surface area (Å²) in [4.78, 5) is 25.1. The van der Waals surface area contributed by atoms with E-state index in [1.807, 2.05) is 6.26 Å². The average molecular weight is 311 g/mol. The van der Waals surface area contributed by atoms with E-state index in [1.54, 1.807) is 20.2 Å². The Morgan fingerprint density at radius 3 is 2.85 bits per heavy atom. The first-order valence-electron chi connectivity index (χ1n) is 6.41. The smallest absolute Gasteiger partial charge is 0.348 e. The van der Waals surface area contributed by atoms with Gasteiger partial charge in [0.2, 0.25) is 0 Å². The highest BCUT2D eigenvalue weighted by atomic mass is 32.2. The predicted octanol–water partition coefficient (Wildman–Crippen LogP) is 2.88. The summed E-state index contributed by atoms with van der Waals surface area (Å²) in [6.45, 7) is 2.13. The van der Waals surface area contributed by atoms with Crippen LogP contribution in [0.15, 0.2) is 16.0 Å². The minimum absolute atomic E-state index is 0.0248. The Morgan fingerprint density at radius 2 is 2.25 bits per heavy atom. The molecule has 0 fully saturated rings. The van der Waals surface area contributed by atoms with Crippen molar-refractivity contribution >= 4 is 34.9 Å². The molecule has 0 atom stereocenters. The van der Waals surface area contributed by atoms with Gasteiger partial charge >= 0.3 is 5.97 Å². The van der Waals surface area contributed by atoms with Crippen LogP contribution in [0.2, 0.25) is 0 Å². The molecular formula is C14H17NO3S2. The standard InChI is InChI=1S/C14H17NO3S2/c1-4-18-13(17)12-9-6-5-8(7-15-2)11(16)10(9)14(19-3)20-12/h7,15H,4-6H2,1-3H3/b8-7+. The number of nitrogens with one attached hydrogen (secondary N) is 1. The molecule has 0 saturated carbocycles. The number of hydrogen-bond acceptors (Lipinski definition) is 6. The van der Waals surface area contributed by atoms with Gasteiger partial charge in [0, 0.05) is 18.8 Å². The number of thioether (sulfide) groups is 1. The average Bonchev–Trinajstić information content (AvgIpc) is 2.82. The van der Waals surface area contributed by atoms with E-state index >= 15 is 0 Å². The van der Waals surface area contributed by atoms with E-state index in [4.69, 9.17) is 4.74 Å². The Balaban J connectivity index is 2.49. The van der Waals surface area contributed by atoms with Crippen LogP contribution >= 0.6 is 23.1 Å². The van der Waals surface area contributed by atoms with Gasteiger partial charge in [-0.25, -0.2) is 4.79 Å². The van der Waals surface area contributed by atoms with E-state index in [9.17, 15) is 9.59 Å². The molecule has 4 nitrogen and oxygen atoms in total. The number of rotatable bonds is 4. The van der Waals surface area contributed by atoms with E-state index in [0.29, 0.717) is 29.9 Å². The van der Waals surface area contributed by atoms with Crippen molar-refractivity contribution in [2.45, 2.75) is 24.0 Å². The van der Waals surface area contributed by atoms with Crippen molar-refractivity contribution in [2.75, 3.05) is 19.9 Å². The number of allylic oxidation sites excluding steroid dienone is 1. The van der Waals surface area contributed by atoms with Crippen LogP contribution in [0.4, 0.5) is 0 Å². The van der Waals surface area contributed by atoms with Gasteiger partial charge in [-0.1, -0.05) is 0 Å². The molecule has 0 spiro atoms. The summed E-state index contributed by atoms with van der Waals surface area (Å²) in [6.07, 6.45) is 5.03. The number of Topliss-reactive ketones (excluding diaryl/α,β-unsaturated/α-hetero) is 1. The highest BCUT2D eigenvalue weighted by Gasteiger charge is 2.32. The summed E-state index contributed by atoms with van der Waals surface area (Å²) in [5.41, 5.74) is 2.32. The van der Waals surface area contributed by atoms with Gasteiger partial charge < -0.3 is 10.1 Å². The van der Waals surface area contributed by atoms with Crippen LogP contribution in [0, 0.1) is 0 Å². The predicted molar refractivity (Wildman–Crippen MR) is 81.9 cm³/mol. The molecule has 2 rings (SSSR count). The quantitative estimate of drug-likeness (QED) is 0.526. The second-order valence-electron chi connectivity index (χ2n) is 4.28. The van der Waals surface area contributed by atoms with Crippen molar-refractivity contribution in [1.82, 2.24) is 5.32 Å². The summed E-state index contributed by atoms with van der Waals surface area (Å²) in [6, 6.07) is 0. The Hall–Kier alpha value is -1.27. The first-order chi connectivity index (χ1) is 9.63. The highest BCUT2D eigenvalue weighted by Crippen LogP contribution is 2.40. The van der Waals surface area contributed by atoms with Gasteiger partial charge in [-0.2, -0.15) is 0 Å². The van der Waals surface area contributed by atoms with Crippen molar-refractivity contribution < 1.29 is 14.3 Å². The lowest BCUT2D eigenvalue weighted by molar-refractivity contribution is 0.0531. The van der Waals surface area contributed by atoms with Gasteiger partial charge in [0.25, 0.3) is 0 Å². The number of ether oxygens (including phenoxy) is 1. The van der Waals surface area contributed by atoms with Gasteiger partial charge in [-0.3, -0.25) is 4.79 Å². The van der Waals surface area contributed by atoms with Crippen LogP contribution in [0.5, 0.6) is 0 Å². The van der Waals surface area contributed by atoms with E-state index in [0.717, 1.165) is 15.3 Å².